The first kappa shape index (κ1) is 23.0. The zero-order chi connectivity index (χ0) is 23.4. The van der Waals surface area contributed by atoms with Crippen molar-refractivity contribution >= 4 is 29.1 Å². The van der Waals surface area contributed by atoms with Crippen molar-refractivity contribution in [1.29, 1.82) is 0 Å². The first-order chi connectivity index (χ1) is 15.9. The summed E-state index contributed by atoms with van der Waals surface area (Å²) in [5.41, 5.74) is 1.58. The molecule has 7 nitrogen and oxygen atoms in total. The van der Waals surface area contributed by atoms with Crippen LogP contribution in [0.4, 0.5) is 5.69 Å². The smallest absolute Gasteiger partial charge is 0.257 e. The van der Waals surface area contributed by atoms with Crippen LogP contribution in [0.2, 0.25) is 5.02 Å². The fraction of sp³-hybridized carbons (Fsp3) is 0.360. The lowest BCUT2D eigenvalue weighted by Crippen LogP contribution is -2.49. The number of hydrogen-bond donors (Lipinski definition) is 0. The summed E-state index contributed by atoms with van der Waals surface area (Å²) < 4.78 is 11.0. The van der Waals surface area contributed by atoms with E-state index in [1.165, 1.54) is 0 Å². The second kappa shape index (κ2) is 10.2. The Balaban J connectivity index is 1.36. The van der Waals surface area contributed by atoms with Crippen LogP contribution >= 0.6 is 11.6 Å². The molecule has 1 aromatic carbocycles. The third-order valence-electron chi connectivity index (χ3n) is 5.89. The van der Waals surface area contributed by atoms with Crippen LogP contribution in [-0.2, 0) is 11.3 Å². The molecule has 1 aliphatic heterocycles. The molecule has 0 bridgehead atoms. The summed E-state index contributed by atoms with van der Waals surface area (Å²) in [6, 6.07) is 13.1. The van der Waals surface area contributed by atoms with Crippen molar-refractivity contribution in [3.63, 3.8) is 0 Å². The van der Waals surface area contributed by atoms with Gasteiger partial charge in [0, 0.05) is 49.9 Å². The Bertz CT molecular complexity index is 1100. The normalized spacial score (nSPS) is 13.9. The van der Waals surface area contributed by atoms with Crippen molar-refractivity contribution in [3.8, 4) is 0 Å². The Labute approximate surface area is 198 Å². The van der Waals surface area contributed by atoms with E-state index in [-0.39, 0.29) is 18.2 Å². The minimum absolute atomic E-state index is 0.0399. The summed E-state index contributed by atoms with van der Waals surface area (Å²) >= 11 is 6.11. The lowest BCUT2D eigenvalue weighted by atomic mass is 10.2. The topological polar surface area (TPSA) is 70.1 Å². The van der Waals surface area contributed by atoms with Crippen molar-refractivity contribution in [2.45, 2.75) is 26.8 Å². The number of halogens is 1. The van der Waals surface area contributed by atoms with E-state index in [1.807, 2.05) is 42.2 Å². The Kier molecular flexibility index (Phi) is 7.08. The maximum Gasteiger partial charge on any atom is 0.257 e. The van der Waals surface area contributed by atoms with Crippen LogP contribution in [0.3, 0.4) is 0 Å². The molecule has 1 aliphatic rings. The Morgan fingerprint density at radius 3 is 2.48 bits per heavy atom. The van der Waals surface area contributed by atoms with E-state index in [1.54, 1.807) is 30.2 Å². The van der Waals surface area contributed by atoms with Gasteiger partial charge in [0.05, 0.1) is 18.4 Å². The highest BCUT2D eigenvalue weighted by atomic mass is 35.5. The highest BCUT2D eigenvalue weighted by molar-refractivity contribution is 6.30. The second-order valence-electron chi connectivity index (χ2n) is 8.23. The van der Waals surface area contributed by atoms with E-state index in [9.17, 15) is 9.59 Å². The standard InChI is InChI=1S/C25H28ClN3O4/c1-18-15-23(19(2)33-18)25(31)29(17-22-7-4-14-32-22)9-8-24(30)28-12-10-27(11-13-28)21-6-3-5-20(26)16-21/h3-7,14-16H,8-13,17H2,1-2H3. The summed E-state index contributed by atoms with van der Waals surface area (Å²) in [4.78, 5) is 31.9. The molecule has 0 aliphatic carbocycles. The van der Waals surface area contributed by atoms with Crippen molar-refractivity contribution in [3.05, 3.63) is 76.6 Å². The van der Waals surface area contributed by atoms with Gasteiger partial charge >= 0.3 is 0 Å². The number of benzene rings is 1. The van der Waals surface area contributed by atoms with Crippen molar-refractivity contribution < 1.29 is 18.4 Å². The minimum atomic E-state index is -0.167. The molecule has 0 N–H and O–H groups in total. The van der Waals surface area contributed by atoms with Crippen molar-refractivity contribution in [2.24, 2.45) is 0 Å². The van der Waals surface area contributed by atoms with Gasteiger partial charge in [-0.2, -0.15) is 0 Å². The number of carbonyl (C=O) groups is 2. The number of rotatable bonds is 7. The SMILES string of the molecule is Cc1cc(C(=O)N(CCC(=O)N2CCN(c3cccc(Cl)c3)CC2)Cc2ccco2)c(C)o1. The van der Waals surface area contributed by atoms with E-state index < -0.39 is 0 Å². The van der Waals surface area contributed by atoms with Gasteiger partial charge < -0.3 is 23.5 Å². The van der Waals surface area contributed by atoms with Gasteiger partial charge in [-0.15, -0.1) is 0 Å². The summed E-state index contributed by atoms with van der Waals surface area (Å²) in [6.45, 7) is 6.95. The molecule has 3 heterocycles. The number of carbonyl (C=O) groups excluding carboxylic acids is 2. The van der Waals surface area contributed by atoms with Gasteiger partial charge in [-0.25, -0.2) is 0 Å². The minimum Gasteiger partial charge on any atom is -0.467 e. The maximum absolute atomic E-state index is 13.2. The second-order valence-corrected chi connectivity index (χ2v) is 8.67. The molecule has 33 heavy (non-hydrogen) atoms. The van der Waals surface area contributed by atoms with Crippen LogP contribution in [0.1, 0.15) is 34.1 Å². The third kappa shape index (κ3) is 5.60. The van der Waals surface area contributed by atoms with Gasteiger partial charge in [-0.3, -0.25) is 9.59 Å². The average Bonchev–Trinajstić information content (AvgIpc) is 3.44. The van der Waals surface area contributed by atoms with E-state index in [0.29, 0.717) is 54.0 Å². The maximum atomic E-state index is 13.2. The van der Waals surface area contributed by atoms with Crippen molar-refractivity contribution in [2.75, 3.05) is 37.6 Å². The molecule has 0 saturated carbocycles. The number of amides is 2. The number of furan rings is 2. The monoisotopic (exact) mass is 469 g/mol. The van der Waals surface area contributed by atoms with E-state index >= 15 is 0 Å². The van der Waals surface area contributed by atoms with Gasteiger partial charge in [0.25, 0.3) is 5.91 Å². The molecule has 3 aromatic rings. The summed E-state index contributed by atoms with van der Waals surface area (Å²) in [5.74, 6) is 1.80. The number of nitrogens with zero attached hydrogens (tertiary/aromatic N) is 3. The number of aryl methyl sites for hydroxylation is 2. The van der Waals surface area contributed by atoms with Crippen LogP contribution in [0.25, 0.3) is 0 Å². The van der Waals surface area contributed by atoms with Gasteiger partial charge in [0.2, 0.25) is 5.91 Å². The fourth-order valence-electron chi connectivity index (χ4n) is 4.13. The van der Waals surface area contributed by atoms with Crippen LogP contribution < -0.4 is 4.90 Å². The average molecular weight is 470 g/mol. The number of hydrogen-bond acceptors (Lipinski definition) is 5. The van der Waals surface area contributed by atoms with E-state index in [0.717, 1.165) is 18.8 Å². The number of piperazine rings is 1. The number of anilines is 1. The molecule has 0 unspecified atom stereocenters. The first-order valence-corrected chi connectivity index (χ1v) is 11.5. The van der Waals surface area contributed by atoms with Gasteiger partial charge in [-0.05, 0) is 50.2 Å². The molecule has 1 fully saturated rings. The summed E-state index contributed by atoms with van der Waals surface area (Å²) in [5, 5.41) is 0.704. The van der Waals surface area contributed by atoms with Crippen LogP contribution in [0, 0.1) is 13.8 Å². The molecule has 174 valence electrons. The quantitative estimate of drug-likeness (QED) is 0.508. The summed E-state index contributed by atoms with van der Waals surface area (Å²) in [6.07, 6.45) is 1.83. The first-order valence-electron chi connectivity index (χ1n) is 11.1. The van der Waals surface area contributed by atoms with Gasteiger partial charge in [0.15, 0.2) is 0 Å². The Morgan fingerprint density at radius 2 is 1.85 bits per heavy atom. The molecule has 2 aromatic heterocycles. The molecular weight excluding hydrogens is 442 g/mol. The van der Waals surface area contributed by atoms with E-state index in [4.69, 9.17) is 20.4 Å². The molecule has 0 radical (unpaired) electrons. The third-order valence-corrected chi connectivity index (χ3v) is 6.12. The molecule has 0 atom stereocenters. The molecule has 8 heteroatoms. The predicted molar refractivity (Wildman–Crippen MR) is 126 cm³/mol. The van der Waals surface area contributed by atoms with Crippen LogP contribution in [0.15, 0.2) is 57.6 Å². The van der Waals surface area contributed by atoms with E-state index in [2.05, 4.69) is 4.90 Å². The Hall–Kier alpha value is -3.19. The predicted octanol–water partition coefficient (Wildman–Crippen LogP) is 4.52. The molecule has 0 spiro atoms. The van der Waals surface area contributed by atoms with Gasteiger partial charge in [0.1, 0.15) is 17.3 Å². The largest absolute Gasteiger partial charge is 0.467 e. The Morgan fingerprint density at radius 1 is 1.06 bits per heavy atom. The van der Waals surface area contributed by atoms with Gasteiger partial charge in [-0.1, -0.05) is 17.7 Å². The molecule has 2 amide bonds. The fourth-order valence-corrected chi connectivity index (χ4v) is 4.32. The molecule has 1 saturated heterocycles. The summed E-state index contributed by atoms with van der Waals surface area (Å²) in [7, 11) is 0. The highest BCUT2D eigenvalue weighted by Gasteiger charge is 2.25. The highest BCUT2D eigenvalue weighted by Crippen LogP contribution is 2.22. The zero-order valence-corrected chi connectivity index (χ0v) is 19.7. The lowest BCUT2D eigenvalue weighted by Gasteiger charge is -2.36. The molecule has 4 rings (SSSR count). The molecular formula is C25H28ClN3O4. The zero-order valence-electron chi connectivity index (χ0n) is 18.9. The lowest BCUT2D eigenvalue weighted by molar-refractivity contribution is -0.131. The van der Waals surface area contributed by atoms with Crippen molar-refractivity contribution in [1.82, 2.24) is 9.80 Å². The van der Waals surface area contributed by atoms with Crippen LogP contribution in [-0.4, -0.2) is 54.3 Å². The van der Waals surface area contributed by atoms with Crippen LogP contribution in [0.5, 0.6) is 0 Å².